The third-order valence-corrected chi connectivity index (χ3v) is 4.41. The van der Waals surface area contributed by atoms with Gasteiger partial charge >= 0.3 is 0 Å². The molecule has 0 unspecified atom stereocenters. The molecule has 2 aliphatic carbocycles. The molecule has 1 aromatic rings. The van der Waals surface area contributed by atoms with E-state index in [0.717, 1.165) is 22.3 Å². The van der Waals surface area contributed by atoms with Crippen molar-refractivity contribution in [2.75, 3.05) is 0 Å². The Balaban J connectivity index is 1.84. The Hall–Kier alpha value is -0.700. The molecule has 2 saturated carbocycles. The summed E-state index contributed by atoms with van der Waals surface area (Å²) in [4.78, 5) is 8.11. The van der Waals surface area contributed by atoms with Crippen molar-refractivity contribution in [3.8, 4) is 0 Å². The third-order valence-electron chi connectivity index (χ3n) is 4.20. The summed E-state index contributed by atoms with van der Waals surface area (Å²) in [5, 5.41) is 0. The normalized spacial score (nSPS) is 29.2. The summed E-state index contributed by atoms with van der Waals surface area (Å²) in [6.07, 6.45) is 7.84. The van der Waals surface area contributed by atoms with E-state index < -0.39 is 0 Å². The minimum atomic E-state index is 0.617. The molecule has 2 aliphatic rings. The van der Waals surface area contributed by atoms with E-state index in [9.17, 15) is 0 Å². The van der Waals surface area contributed by atoms with Crippen LogP contribution < -0.4 is 0 Å². The van der Waals surface area contributed by atoms with E-state index in [4.69, 9.17) is 12.2 Å². The number of H-pyrrole nitrogens is 1. The predicted molar refractivity (Wildman–Crippen MR) is 71.8 cm³/mol. The Kier molecular flexibility index (Phi) is 3.03. The van der Waals surface area contributed by atoms with Crippen molar-refractivity contribution in [1.29, 1.82) is 0 Å². The third kappa shape index (κ3) is 2.59. The van der Waals surface area contributed by atoms with E-state index in [2.05, 4.69) is 23.0 Å². The first-order chi connectivity index (χ1) is 8.22. The van der Waals surface area contributed by atoms with E-state index in [1.165, 1.54) is 44.2 Å². The van der Waals surface area contributed by atoms with Crippen LogP contribution >= 0.6 is 12.2 Å². The van der Waals surface area contributed by atoms with Crippen LogP contribution in [0, 0.1) is 10.6 Å². The zero-order chi connectivity index (χ0) is 11.8. The van der Waals surface area contributed by atoms with Crippen molar-refractivity contribution in [3.05, 3.63) is 22.2 Å². The summed E-state index contributed by atoms with van der Waals surface area (Å²) in [6, 6.07) is 2.06. The molecule has 1 aromatic heterocycles. The van der Waals surface area contributed by atoms with Crippen molar-refractivity contribution in [2.24, 2.45) is 5.92 Å². The number of aromatic amines is 1. The van der Waals surface area contributed by atoms with Gasteiger partial charge in [-0.05, 0) is 43.6 Å². The van der Waals surface area contributed by atoms with Crippen LogP contribution in [0.3, 0.4) is 0 Å². The maximum atomic E-state index is 5.30. The van der Waals surface area contributed by atoms with Crippen LogP contribution in [0.15, 0.2) is 6.07 Å². The van der Waals surface area contributed by atoms with Crippen LogP contribution in [0.5, 0.6) is 0 Å². The smallest absolute Gasteiger partial charge is 0.130 e. The zero-order valence-corrected chi connectivity index (χ0v) is 11.2. The number of hydrogen-bond donors (Lipinski definition) is 1. The highest BCUT2D eigenvalue weighted by Crippen LogP contribution is 2.40. The van der Waals surface area contributed by atoms with Crippen molar-refractivity contribution in [1.82, 2.24) is 9.97 Å². The topological polar surface area (TPSA) is 28.7 Å². The van der Waals surface area contributed by atoms with Gasteiger partial charge in [-0.25, -0.2) is 4.98 Å². The fraction of sp³-hybridized carbons (Fsp3) is 0.714. The lowest BCUT2D eigenvalue weighted by molar-refractivity contribution is 0.339. The van der Waals surface area contributed by atoms with Crippen molar-refractivity contribution < 1.29 is 0 Å². The molecule has 0 aromatic carbocycles. The van der Waals surface area contributed by atoms with Crippen LogP contribution in [0.1, 0.15) is 68.8 Å². The molecule has 0 bridgehead atoms. The second-order valence-corrected chi connectivity index (χ2v) is 6.21. The monoisotopic (exact) mass is 248 g/mol. The largest absolute Gasteiger partial charge is 0.347 e. The molecular formula is C14H20N2S. The molecule has 0 saturated heterocycles. The van der Waals surface area contributed by atoms with Gasteiger partial charge in [0.05, 0.1) is 0 Å². The predicted octanol–water partition coefficient (Wildman–Crippen LogP) is 4.31. The number of aromatic nitrogens is 2. The molecule has 0 spiro atoms. The molecule has 2 fully saturated rings. The molecule has 3 rings (SSSR count). The number of rotatable bonds is 2. The molecule has 3 heteroatoms. The molecule has 1 N–H and O–H groups in total. The van der Waals surface area contributed by atoms with E-state index >= 15 is 0 Å². The molecule has 0 radical (unpaired) electrons. The summed E-state index contributed by atoms with van der Waals surface area (Å²) >= 11 is 5.30. The van der Waals surface area contributed by atoms with Gasteiger partial charge in [-0.3, -0.25) is 0 Å². The first-order valence-electron chi connectivity index (χ1n) is 6.83. The van der Waals surface area contributed by atoms with E-state index in [1.54, 1.807) is 0 Å². The van der Waals surface area contributed by atoms with Gasteiger partial charge in [-0.15, -0.1) is 0 Å². The first-order valence-corrected chi connectivity index (χ1v) is 7.24. The SMILES string of the molecule is CC1CCC(c2nc(=S)cc(C3CC3)[nH]2)CC1. The highest BCUT2D eigenvalue weighted by Gasteiger charge is 2.27. The molecule has 0 amide bonds. The molecule has 1 heterocycles. The fourth-order valence-electron chi connectivity index (χ4n) is 2.84. The van der Waals surface area contributed by atoms with Crippen LogP contribution in [-0.4, -0.2) is 9.97 Å². The molecule has 17 heavy (non-hydrogen) atoms. The van der Waals surface area contributed by atoms with Gasteiger partial charge in [0.1, 0.15) is 10.5 Å². The van der Waals surface area contributed by atoms with Crippen LogP contribution in [0.4, 0.5) is 0 Å². The summed E-state index contributed by atoms with van der Waals surface area (Å²) < 4.78 is 0.777. The lowest BCUT2D eigenvalue weighted by atomic mass is 9.82. The minimum absolute atomic E-state index is 0.617. The maximum absolute atomic E-state index is 5.30. The average Bonchev–Trinajstić information content (AvgIpc) is 3.13. The highest BCUT2D eigenvalue weighted by atomic mass is 32.1. The molecule has 0 aliphatic heterocycles. The Morgan fingerprint density at radius 1 is 1.12 bits per heavy atom. The zero-order valence-electron chi connectivity index (χ0n) is 10.4. The molecular weight excluding hydrogens is 228 g/mol. The molecule has 0 atom stereocenters. The Morgan fingerprint density at radius 3 is 2.41 bits per heavy atom. The van der Waals surface area contributed by atoms with Gasteiger partial charge in [0.15, 0.2) is 0 Å². The average molecular weight is 248 g/mol. The Bertz CT molecular complexity index is 454. The van der Waals surface area contributed by atoms with Crippen molar-refractivity contribution in [3.63, 3.8) is 0 Å². The summed E-state index contributed by atoms with van der Waals surface area (Å²) in [5.41, 5.74) is 1.33. The van der Waals surface area contributed by atoms with Gasteiger partial charge in [0.2, 0.25) is 0 Å². The van der Waals surface area contributed by atoms with E-state index in [-0.39, 0.29) is 0 Å². The Labute approximate surface area is 108 Å². The number of hydrogen-bond acceptors (Lipinski definition) is 2. The summed E-state index contributed by atoms with van der Waals surface area (Å²) in [6.45, 7) is 2.35. The molecule has 2 nitrogen and oxygen atoms in total. The number of nitrogens with zero attached hydrogens (tertiary/aromatic N) is 1. The summed E-state index contributed by atoms with van der Waals surface area (Å²) in [5.74, 6) is 3.40. The quantitative estimate of drug-likeness (QED) is 0.790. The van der Waals surface area contributed by atoms with Crippen LogP contribution in [0.25, 0.3) is 0 Å². The Morgan fingerprint density at radius 2 is 1.76 bits per heavy atom. The standard InChI is InChI=1S/C14H20N2S/c1-9-2-4-11(5-3-9)14-15-12(10-6-7-10)8-13(17)16-14/h8-11H,2-7H2,1H3,(H,15,16,17). The van der Waals surface area contributed by atoms with E-state index in [0.29, 0.717) is 5.92 Å². The second-order valence-electron chi connectivity index (χ2n) is 5.79. The van der Waals surface area contributed by atoms with E-state index in [1.807, 2.05) is 0 Å². The lowest BCUT2D eigenvalue weighted by Gasteiger charge is -2.25. The lowest BCUT2D eigenvalue weighted by Crippen LogP contribution is -2.14. The minimum Gasteiger partial charge on any atom is -0.347 e. The van der Waals surface area contributed by atoms with Crippen LogP contribution in [0.2, 0.25) is 0 Å². The number of nitrogens with one attached hydrogen (secondary N) is 1. The van der Waals surface area contributed by atoms with Gasteiger partial charge in [-0.2, -0.15) is 0 Å². The van der Waals surface area contributed by atoms with Crippen molar-refractivity contribution >= 4 is 12.2 Å². The van der Waals surface area contributed by atoms with Crippen molar-refractivity contribution in [2.45, 2.75) is 57.3 Å². The second kappa shape index (κ2) is 4.52. The highest BCUT2D eigenvalue weighted by molar-refractivity contribution is 7.71. The van der Waals surface area contributed by atoms with Gasteiger partial charge in [0, 0.05) is 11.6 Å². The van der Waals surface area contributed by atoms with Gasteiger partial charge in [-0.1, -0.05) is 32.0 Å². The molecule has 92 valence electrons. The first kappa shape index (κ1) is 11.4. The fourth-order valence-corrected chi connectivity index (χ4v) is 3.06. The van der Waals surface area contributed by atoms with Gasteiger partial charge < -0.3 is 4.98 Å². The van der Waals surface area contributed by atoms with Gasteiger partial charge in [0.25, 0.3) is 0 Å². The summed E-state index contributed by atoms with van der Waals surface area (Å²) in [7, 11) is 0. The maximum Gasteiger partial charge on any atom is 0.130 e. The van der Waals surface area contributed by atoms with Crippen LogP contribution in [-0.2, 0) is 0 Å².